The van der Waals surface area contributed by atoms with Gasteiger partial charge in [-0.3, -0.25) is 0 Å². The van der Waals surface area contributed by atoms with Gasteiger partial charge in [0.05, 0.1) is 12.2 Å². The molecule has 2 rings (SSSR count). The van der Waals surface area contributed by atoms with Crippen LogP contribution in [0.15, 0.2) is 34.9 Å². The fraction of sp³-hybridized carbons (Fsp3) is 0.100. The van der Waals surface area contributed by atoms with Gasteiger partial charge in [0, 0.05) is 6.20 Å². The van der Waals surface area contributed by atoms with E-state index in [1.165, 1.54) is 0 Å². The van der Waals surface area contributed by atoms with E-state index in [-0.39, 0.29) is 0 Å². The van der Waals surface area contributed by atoms with E-state index in [9.17, 15) is 0 Å². The zero-order valence-corrected chi connectivity index (χ0v) is 10.6. The largest absolute Gasteiger partial charge is 0.454 e. The molecule has 0 saturated heterocycles. The van der Waals surface area contributed by atoms with Crippen LogP contribution in [0.1, 0.15) is 5.76 Å². The predicted molar refractivity (Wildman–Crippen MR) is 68.0 cm³/mol. The lowest BCUT2D eigenvalue weighted by atomic mass is 10.4. The van der Waals surface area contributed by atoms with Crippen molar-refractivity contribution in [3.63, 3.8) is 0 Å². The van der Waals surface area contributed by atoms with Crippen LogP contribution in [0.2, 0.25) is 5.15 Å². The van der Waals surface area contributed by atoms with E-state index >= 15 is 0 Å². The van der Waals surface area contributed by atoms with Gasteiger partial charge in [0.1, 0.15) is 5.76 Å². The molecule has 0 radical (unpaired) electrons. The first kappa shape index (κ1) is 10.8. The topological polar surface area (TPSA) is 38.1 Å². The van der Waals surface area contributed by atoms with Crippen molar-refractivity contribution in [2.45, 2.75) is 6.54 Å². The van der Waals surface area contributed by atoms with Gasteiger partial charge in [-0.25, -0.2) is 4.98 Å². The number of pyridine rings is 1. The second-order valence-corrected chi connectivity index (χ2v) is 4.32. The van der Waals surface area contributed by atoms with Crippen LogP contribution in [-0.4, -0.2) is 4.98 Å². The molecule has 15 heavy (non-hydrogen) atoms. The Hall–Kier alpha value is -0.750. The Bertz CT molecular complexity index is 458. The predicted octanol–water partition coefficient (Wildman–Crippen LogP) is 3.54. The Balaban J connectivity index is 2.02. The second kappa shape index (κ2) is 4.85. The summed E-state index contributed by atoms with van der Waals surface area (Å²) < 4.78 is 6.28. The maximum absolute atomic E-state index is 5.89. The SMILES string of the molecule is Clc1ncccc1NCc1ccc(I)o1. The molecular formula is C10H8ClIN2O. The summed E-state index contributed by atoms with van der Waals surface area (Å²) in [5, 5.41) is 3.62. The molecule has 2 aromatic heterocycles. The molecule has 0 spiro atoms. The van der Waals surface area contributed by atoms with Crippen LogP contribution in [0.3, 0.4) is 0 Å². The minimum Gasteiger partial charge on any atom is -0.454 e. The van der Waals surface area contributed by atoms with Crippen molar-refractivity contribution < 1.29 is 4.42 Å². The summed E-state index contributed by atoms with van der Waals surface area (Å²) in [6.45, 7) is 0.606. The molecule has 0 saturated carbocycles. The molecule has 0 aliphatic rings. The normalized spacial score (nSPS) is 10.3. The molecule has 0 aromatic carbocycles. The van der Waals surface area contributed by atoms with Gasteiger partial charge < -0.3 is 9.73 Å². The summed E-state index contributed by atoms with van der Waals surface area (Å²) in [5.74, 6) is 0.874. The highest BCUT2D eigenvalue weighted by atomic mass is 127. The Morgan fingerprint density at radius 3 is 2.93 bits per heavy atom. The van der Waals surface area contributed by atoms with Crippen LogP contribution < -0.4 is 5.32 Å². The monoisotopic (exact) mass is 334 g/mol. The lowest BCUT2D eigenvalue weighted by Gasteiger charge is -2.04. The van der Waals surface area contributed by atoms with Crippen LogP contribution in [0, 0.1) is 3.77 Å². The van der Waals surface area contributed by atoms with E-state index in [1.807, 2.05) is 24.3 Å². The van der Waals surface area contributed by atoms with Gasteiger partial charge in [-0.05, 0) is 46.9 Å². The molecule has 0 aliphatic heterocycles. The summed E-state index contributed by atoms with van der Waals surface area (Å²) in [4.78, 5) is 3.97. The van der Waals surface area contributed by atoms with Crippen molar-refractivity contribution in [2.75, 3.05) is 5.32 Å². The molecule has 0 fully saturated rings. The number of furan rings is 1. The smallest absolute Gasteiger partial charge is 0.164 e. The Morgan fingerprint density at radius 2 is 2.27 bits per heavy atom. The summed E-state index contributed by atoms with van der Waals surface area (Å²) in [6, 6.07) is 7.56. The molecule has 3 nitrogen and oxygen atoms in total. The number of nitrogens with zero attached hydrogens (tertiary/aromatic N) is 1. The number of aromatic nitrogens is 1. The molecule has 0 amide bonds. The van der Waals surface area contributed by atoms with Gasteiger partial charge in [0.15, 0.2) is 8.92 Å². The van der Waals surface area contributed by atoms with Crippen LogP contribution >= 0.6 is 34.2 Å². The minimum absolute atomic E-state index is 0.471. The summed E-state index contributed by atoms with van der Waals surface area (Å²) in [5.41, 5.74) is 0.811. The van der Waals surface area contributed by atoms with E-state index in [0.29, 0.717) is 11.7 Å². The summed E-state index contributed by atoms with van der Waals surface area (Å²) >= 11 is 8.02. The third-order valence-electron chi connectivity index (χ3n) is 1.84. The average Bonchev–Trinajstić information content (AvgIpc) is 2.63. The summed E-state index contributed by atoms with van der Waals surface area (Å²) in [7, 11) is 0. The highest BCUT2D eigenvalue weighted by molar-refractivity contribution is 14.1. The van der Waals surface area contributed by atoms with Gasteiger partial charge >= 0.3 is 0 Å². The van der Waals surface area contributed by atoms with Gasteiger partial charge in [-0.2, -0.15) is 0 Å². The molecular weight excluding hydrogens is 326 g/mol. The van der Waals surface area contributed by atoms with Crippen LogP contribution in [0.25, 0.3) is 0 Å². The number of hydrogen-bond donors (Lipinski definition) is 1. The number of halogens is 2. The fourth-order valence-corrected chi connectivity index (χ4v) is 1.80. The molecule has 0 atom stereocenters. The van der Waals surface area contributed by atoms with E-state index < -0.39 is 0 Å². The molecule has 2 heterocycles. The standard InChI is InChI=1S/C10H8ClIN2O/c11-10-8(2-1-5-13-10)14-6-7-3-4-9(12)15-7/h1-5,14H,6H2. The maximum Gasteiger partial charge on any atom is 0.164 e. The third-order valence-corrected chi connectivity index (χ3v) is 2.72. The van der Waals surface area contributed by atoms with Crippen molar-refractivity contribution in [3.05, 3.63) is 45.1 Å². The lowest BCUT2D eigenvalue weighted by molar-refractivity contribution is 0.493. The number of rotatable bonds is 3. The second-order valence-electron chi connectivity index (χ2n) is 2.90. The molecule has 5 heteroatoms. The van der Waals surface area contributed by atoms with Crippen molar-refractivity contribution >= 4 is 39.9 Å². The number of anilines is 1. The van der Waals surface area contributed by atoms with Crippen LogP contribution in [-0.2, 0) is 6.54 Å². The quantitative estimate of drug-likeness (QED) is 0.689. The Kier molecular flexibility index (Phi) is 3.48. The molecule has 2 aromatic rings. The van der Waals surface area contributed by atoms with Crippen molar-refractivity contribution in [1.29, 1.82) is 0 Å². The fourth-order valence-electron chi connectivity index (χ4n) is 1.15. The van der Waals surface area contributed by atoms with E-state index in [0.717, 1.165) is 15.2 Å². The Labute approximate surface area is 106 Å². The zero-order chi connectivity index (χ0) is 10.7. The molecule has 0 bridgehead atoms. The lowest BCUT2D eigenvalue weighted by Crippen LogP contribution is -1.99. The van der Waals surface area contributed by atoms with E-state index in [2.05, 4.69) is 32.9 Å². The van der Waals surface area contributed by atoms with E-state index in [4.69, 9.17) is 16.0 Å². The van der Waals surface area contributed by atoms with Gasteiger partial charge in [-0.15, -0.1) is 0 Å². The van der Waals surface area contributed by atoms with Crippen molar-refractivity contribution in [3.8, 4) is 0 Å². The molecule has 0 unspecified atom stereocenters. The number of nitrogens with one attached hydrogen (secondary N) is 1. The first-order valence-corrected chi connectivity index (χ1v) is 5.80. The van der Waals surface area contributed by atoms with Crippen molar-refractivity contribution in [2.24, 2.45) is 0 Å². The first-order chi connectivity index (χ1) is 7.25. The zero-order valence-electron chi connectivity index (χ0n) is 7.71. The van der Waals surface area contributed by atoms with Gasteiger partial charge in [0.25, 0.3) is 0 Å². The third kappa shape index (κ3) is 2.85. The first-order valence-electron chi connectivity index (χ1n) is 4.34. The van der Waals surface area contributed by atoms with Crippen molar-refractivity contribution in [1.82, 2.24) is 4.98 Å². The van der Waals surface area contributed by atoms with Crippen LogP contribution in [0.5, 0.6) is 0 Å². The Morgan fingerprint density at radius 1 is 1.40 bits per heavy atom. The highest BCUT2D eigenvalue weighted by Gasteiger charge is 2.02. The molecule has 0 aliphatic carbocycles. The molecule has 1 N–H and O–H groups in total. The van der Waals surface area contributed by atoms with E-state index in [1.54, 1.807) is 6.20 Å². The van der Waals surface area contributed by atoms with Gasteiger partial charge in [-0.1, -0.05) is 11.6 Å². The average molecular weight is 335 g/mol. The number of hydrogen-bond acceptors (Lipinski definition) is 3. The highest BCUT2D eigenvalue weighted by Crippen LogP contribution is 2.19. The summed E-state index contributed by atoms with van der Waals surface area (Å²) in [6.07, 6.45) is 1.66. The maximum atomic E-state index is 5.89. The molecule has 78 valence electrons. The van der Waals surface area contributed by atoms with Gasteiger partial charge in [0.2, 0.25) is 0 Å². The minimum atomic E-state index is 0.471. The van der Waals surface area contributed by atoms with Crippen LogP contribution in [0.4, 0.5) is 5.69 Å².